The lowest BCUT2D eigenvalue weighted by molar-refractivity contribution is -0.138. The highest BCUT2D eigenvalue weighted by Gasteiger charge is 2.53. The third-order valence-corrected chi connectivity index (χ3v) is 8.46. The molecule has 2 aromatic rings. The van der Waals surface area contributed by atoms with Crippen LogP contribution in [0.3, 0.4) is 0 Å². The number of anilines is 1. The number of ketones is 1. The molecule has 2 aliphatic rings. The number of nitrogens with zero attached hydrogens (tertiary/aromatic N) is 3. The monoisotopic (exact) mass is 633 g/mol. The van der Waals surface area contributed by atoms with E-state index < -0.39 is 30.3 Å². The van der Waals surface area contributed by atoms with Gasteiger partial charge in [0.25, 0.3) is 5.91 Å². The summed E-state index contributed by atoms with van der Waals surface area (Å²) < 4.78 is 5.37. The zero-order chi connectivity index (χ0) is 33.5. The minimum Gasteiger partial charge on any atom is -0.445 e. The van der Waals surface area contributed by atoms with Crippen LogP contribution in [0.25, 0.3) is 0 Å². The van der Waals surface area contributed by atoms with Gasteiger partial charge in [0, 0.05) is 31.9 Å². The number of carbonyl (C=O) groups excluding carboxylic acids is 5. The van der Waals surface area contributed by atoms with E-state index in [-0.39, 0.29) is 55.0 Å². The zero-order valence-electron chi connectivity index (χ0n) is 27.7. The molecule has 2 N–H and O–H groups in total. The van der Waals surface area contributed by atoms with E-state index in [4.69, 9.17) is 4.74 Å². The van der Waals surface area contributed by atoms with Crippen molar-refractivity contribution in [3.05, 3.63) is 65.7 Å². The first-order chi connectivity index (χ1) is 21.8. The highest BCUT2D eigenvalue weighted by atomic mass is 16.5. The summed E-state index contributed by atoms with van der Waals surface area (Å²) in [5, 5.41) is 5.62. The van der Waals surface area contributed by atoms with E-state index in [1.165, 1.54) is 9.80 Å². The lowest BCUT2D eigenvalue weighted by Crippen LogP contribution is -2.53. The van der Waals surface area contributed by atoms with Crippen molar-refractivity contribution in [2.24, 2.45) is 11.8 Å². The molecule has 2 fully saturated rings. The number of ether oxygens (including phenoxy) is 1. The molecule has 0 aliphatic carbocycles. The van der Waals surface area contributed by atoms with E-state index in [1.54, 1.807) is 12.1 Å². The van der Waals surface area contributed by atoms with Crippen molar-refractivity contribution in [1.29, 1.82) is 0 Å². The molecule has 11 nitrogen and oxygen atoms in total. The van der Waals surface area contributed by atoms with Crippen LogP contribution < -0.4 is 15.5 Å². The summed E-state index contributed by atoms with van der Waals surface area (Å²) in [6.45, 7) is 8.04. The Morgan fingerprint density at radius 2 is 1.43 bits per heavy atom. The number of hydrogen-bond acceptors (Lipinski definition) is 7. The molecule has 46 heavy (non-hydrogen) atoms. The molecule has 2 aromatic carbocycles. The first-order valence-corrected chi connectivity index (χ1v) is 16.0. The van der Waals surface area contributed by atoms with Crippen molar-refractivity contribution in [3.8, 4) is 0 Å². The summed E-state index contributed by atoms with van der Waals surface area (Å²) in [4.78, 5) is 72.0. The van der Waals surface area contributed by atoms with Gasteiger partial charge in [0.2, 0.25) is 11.8 Å². The van der Waals surface area contributed by atoms with Gasteiger partial charge in [-0.1, -0.05) is 58.0 Å². The van der Waals surface area contributed by atoms with Crippen LogP contribution in [-0.2, 0) is 25.7 Å². The van der Waals surface area contributed by atoms with Crippen LogP contribution in [0.2, 0.25) is 0 Å². The summed E-state index contributed by atoms with van der Waals surface area (Å²) in [7, 11) is 3.83. The minimum atomic E-state index is -0.883. The number of Topliss-reactive ketones (excluding diaryl/α,β-unsaturated/α-hetero) is 1. The Kier molecular flexibility index (Phi) is 11.4. The van der Waals surface area contributed by atoms with Gasteiger partial charge < -0.3 is 30.1 Å². The van der Waals surface area contributed by atoms with Gasteiger partial charge in [0.15, 0.2) is 5.78 Å². The van der Waals surface area contributed by atoms with Gasteiger partial charge in [-0.3, -0.25) is 19.2 Å². The average Bonchev–Trinajstić information content (AvgIpc) is 3.60. The summed E-state index contributed by atoms with van der Waals surface area (Å²) in [6.07, 6.45) is 0.477. The quantitative estimate of drug-likeness (QED) is 0.366. The third kappa shape index (κ3) is 8.44. The van der Waals surface area contributed by atoms with E-state index in [9.17, 15) is 24.0 Å². The summed E-state index contributed by atoms with van der Waals surface area (Å²) in [6, 6.07) is 13.4. The molecular weight excluding hydrogens is 586 g/mol. The van der Waals surface area contributed by atoms with Crippen LogP contribution in [0.4, 0.5) is 10.5 Å². The second kappa shape index (κ2) is 15.2. The summed E-state index contributed by atoms with van der Waals surface area (Å²) >= 11 is 0. The van der Waals surface area contributed by atoms with Gasteiger partial charge in [0.1, 0.15) is 24.7 Å². The fourth-order valence-corrected chi connectivity index (χ4v) is 6.20. The highest BCUT2D eigenvalue weighted by Crippen LogP contribution is 2.32. The SMILES string of the molecule is CC(C)C[C@H](NC(=O)OCc1ccccc1)C(=O)N1CC(=O)[C@@H]2[C@H]1CCN2C(=O)[C@H](CC(C)C)NC(=O)c1ccc(N(C)C)cc1. The predicted octanol–water partition coefficient (Wildman–Crippen LogP) is 3.62. The molecule has 248 valence electrons. The van der Waals surface area contributed by atoms with Gasteiger partial charge >= 0.3 is 6.09 Å². The number of amides is 4. The normalized spacial score (nSPS) is 18.7. The largest absolute Gasteiger partial charge is 0.445 e. The summed E-state index contributed by atoms with van der Waals surface area (Å²) in [5.74, 6) is -1.11. The topological polar surface area (TPSA) is 128 Å². The molecule has 0 unspecified atom stereocenters. The molecule has 4 amide bonds. The lowest BCUT2D eigenvalue weighted by Gasteiger charge is -2.30. The first-order valence-electron chi connectivity index (χ1n) is 16.0. The van der Waals surface area contributed by atoms with Crippen molar-refractivity contribution < 1.29 is 28.7 Å². The Bertz CT molecular complexity index is 1390. The average molecular weight is 634 g/mol. The second-order valence-electron chi connectivity index (χ2n) is 13.3. The van der Waals surface area contributed by atoms with Gasteiger partial charge in [-0.15, -0.1) is 0 Å². The number of benzene rings is 2. The number of fused-ring (bicyclic) bond motifs is 1. The molecule has 0 aromatic heterocycles. The Hall–Kier alpha value is -4.41. The second-order valence-corrected chi connectivity index (χ2v) is 13.3. The Morgan fingerprint density at radius 3 is 2.02 bits per heavy atom. The van der Waals surface area contributed by atoms with E-state index in [1.807, 2.05) is 89.2 Å². The van der Waals surface area contributed by atoms with Crippen LogP contribution >= 0.6 is 0 Å². The van der Waals surface area contributed by atoms with E-state index in [0.717, 1.165) is 11.3 Å². The Labute approximate surface area is 271 Å². The van der Waals surface area contributed by atoms with Crippen molar-refractivity contribution in [3.63, 3.8) is 0 Å². The van der Waals surface area contributed by atoms with Gasteiger partial charge in [-0.25, -0.2) is 4.79 Å². The van der Waals surface area contributed by atoms with Crippen LogP contribution in [-0.4, -0.2) is 90.8 Å². The molecular formula is C35H47N5O6. The van der Waals surface area contributed by atoms with E-state index >= 15 is 0 Å². The maximum absolute atomic E-state index is 13.9. The number of rotatable bonds is 12. The van der Waals surface area contributed by atoms with Crippen LogP contribution in [0.5, 0.6) is 0 Å². The van der Waals surface area contributed by atoms with Gasteiger partial charge in [-0.2, -0.15) is 0 Å². The molecule has 0 saturated carbocycles. The fourth-order valence-electron chi connectivity index (χ4n) is 6.20. The number of alkyl carbamates (subject to hydrolysis) is 1. The van der Waals surface area contributed by atoms with Crippen molar-refractivity contribution in [1.82, 2.24) is 20.4 Å². The molecule has 0 bridgehead atoms. The molecule has 4 atom stereocenters. The van der Waals surface area contributed by atoms with Gasteiger partial charge in [0.05, 0.1) is 12.6 Å². The van der Waals surface area contributed by atoms with Crippen molar-refractivity contribution >= 4 is 35.3 Å². The van der Waals surface area contributed by atoms with Crippen molar-refractivity contribution in [2.75, 3.05) is 32.1 Å². The van der Waals surface area contributed by atoms with Crippen LogP contribution in [0.15, 0.2) is 54.6 Å². The molecule has 0 spiro atoms. The molecule has 2 saturated heterocycles. The predicted molar refractivity (Wildman–Crippen MR) is 175 cm³/mol. The summed E-state index contributed by atoms with van der Waals surface area (Å²) in [5.41, 5.74) is 2.21. The van der Waals surface area contributed by atoms with Crippen molar-refractivity contribution in [2.45, 2.75) is 77.7 Å². The Morgan fingerprint density at radius 1 is 0.848 bits per heavy atom. The van der Waals surface area contributed by atoms with Gasteiger partial charge in [-0.05, 0) is 60.9 Å². The molecule has 11 heteroatoms. The van der Waals surface area contributed by atoms with Crippen LogP contribution in [0.1, 0.15) is 62.9 Å². The maximum Gasteiger partial charge on any atom is 0.408 e. The Balaban J connectivity index is 1.44. The standard InChI is InChI=1S/C35H47N5O6/c1-22(2)18-27(36-32(42)25-12-14-26(15-13-25)38(5)6)33(43)39-17-16-29-31(39)30(41)20-40(29)34(44)28(19-23(3)4)37-35(45)46-21-24-10-8-7-9-11-24/h7-15,22-23,27-29,31H,16-21H2,1-6H3,(H,36,42)(H,37,45)/t27-,28-,29+,31-/m0/s1. The number of nitrogens with one attached hydrogen (secondary N) is 2. The molecule has 0 radical (unpaired) electrons. The van der Waals surface area contributed by atoms with Crippen LogP contribution in [0, 0.1) is 11.8 Å². The number of likely N-dealkylation sites (tertiary alicyclic amines) is 2. The first kappa shape index (κ1) is 34.5. The molecule has 4 rings (SSSR count). The minimum absolute atomic E-state index is 0.0642. The molecule has 2 aliphatic heterocycles. The zero-order valence-corrected chi connectivity index (χ0v) is 27.7. The maximum atomic E-state index is 13.9. The fraction of sp³-hybridized carbons (Fsp3) is 0.514. The number of hydrogen-bond donors (Lipinski definition) is 2. The highest BCUT2D eigenvalue weighted by molar-refractivity contribution is 6.01. The lowest BCUT2D eigenvalue weighted by atomic mass is 10.0. The number of carbonyl (C=O) groups is 5. The van der Waals surface area contributed by atoms with E-state index in [0.29, 0.717) is 24.8 Å². The smallest absolute Gasteiger partial charge is 0.408 e. The third-order valence-electron chi connectivity index (χ3n) is 8.46. The van der Waals surface area contributed by atoms with E-state index in [2.05, 4.69) is 10.6 Å². The molecule has 2 heterocycles.